The van der Waals surface area contributed by atoms with Crippen LogP contribution >= 0.6 is 0 Å². The van der Waals surface area contributed by atoms with Crippen molar-refractivity contribution < 1.29 is 4.79 Å². The Labute approximate surface area is 106 Å². The summed E-state index contributed by atoms with van der Waals surface area (Å²) in [7, 11) is 0. The Morgan fingerprint density at radius 1 is 1.29 bits per heavy atom. The van der Waals surface area contributed by atoms with E-state index in [1.807, 2.05) is 6.92 Å². The summed E-state index contributed by atoms with van der Waals surface area (Å²) >= 11 is 0. The molecule has 1 unspecified atom stereocenters. The van der Waals surface area contributed by atoms with E-state index in [4.69, 9.17) is 0 Å². The highest BCUT2D eigenvalue weighted by Crippen LogP contribution is 2.26. The van der Waals surface area contributed by atoms with Crippen molar-refractivity contribution in [3.8, 4) is 0 Å². The molecule has 0 radical (unpaired) electrons. The van der Waals surface area contributed by atoms with Crippen LogP contribution in [0.5, 0.6) is 0 Å². The van der Waals surface area contributed by atoms with E-state index < -0.39 is 0 Å². The zero-order chi connectivity index (χ0) is 12.5. The molecule has 2 N–H and O–H groups in total. The average molecular weight is 240 g/mol. The Balaban J connectivity index is 2.02. The third-order valence-electron chi connectivity index (χ3n) is 3.70. The van der Waals surface area contributed by atoms with Crippen molar-refractivity contribution >= 4 is 5.91 Å². The van der Waals surface area contributed by atoms with Crippen molar-refractivity contribution in [2.24, 2.45) is 5.92 Å². The molecule has 1 aliphatic rings. The van der Waals surface area contributed by atoms with Crippen LogP contribution in [0.1, 0.15) is 58.8 Å². The predicted molar refractivity (Wildman–Crippen MR) is 72.0 cm³/mol. The first kappa shape index (κ1) is 14.5. The van der Waals surface area contributed by atoms with Crippen LogP contribution in [-0.2, 0) is 4.79 Å². The molecule has 0 saturated heterocycles. The normalized spacial score (nSPS) is 18.2. The monoisotopic (exact) mass is 240 g/mol. The molecule has 100 valence electrons. The van der Waals surface area contributed by atoms with Crippen LogP contribution in [0.2, 0.25) is 0 Å². The van der Waals surface area contributed by atoms with E-state index in [9.17, 15) is 4.79 Å². The summed E-state index contributed by atoms with van der Waals surface area (Å²) in [5, 5.41) is 6.28. The molecule has 0 heterocycles. The lowest BCUT2D eigenvalue weighted by Crippen LogP contribution is -2.43. The quantitative estimate of drug-likeness (QED) is 0.640. The Morgan fingerprint density at radius 3 is 2.65 bits per heavy atom. The number of hydrogen-bond donors (Lipinski definition) is 2. The second-order valence-corrected chi connectivity index (χ2v) is 5.26. The maximum atomic E-state index is 11.7. The number of carbonyl (C=O) groups is 1. The molecule has 3 heteroatoms. The summed E-state index contributed by atoms with van der Waals surface area (Å²) in [5.74, 6) is 1.04. The largest absolute Gasteiger partial charge is 0.355 e. The second kappa shape index (κ2) is 8.51. The summed E-state index contributed by atoms with van der Waals surface area (Å²) in [5.41, 5.74) is 0. The molecule has 1 aliphatic carbocycles. The lowest BCUT2D eigenvalue weighted by molar-refractivity contribution is -0.122. The van der Waals surface area contributed by atoms with Crippen LogP contribution < -0.4 is 10.6 Å². The molecule has 17 heavy (non-hydrogen) atoms. The Bertz CT molecular complexity index is 212. The maximum absolute atomic E-state index is 11.7. The fraction of sp³-hybridized carbons (Fsp3) is 0.929. The Morgan fingerprint density at radius 2 is 2.00 bits per heavy atom. The number of hydrogen-bond acceptors (Lipinski definition) is 2. The van der Waals surface area contributed by atoms with Gasteiger partial charge in [-0.25, -0.2) is 0 Å². The van der Waals surface area contributed by atoms with Crippen LogP contribution in [0, 0.1) is 5.92 Å². The predicted octanol–water partition coefficient (Wildman–Crippen LogP) is 2.46. The van der Waals surface area contributed by atoms with Gasteiger partial charge in [-0.1, -0.05) is 39.0 Å². The van der Waals surface area contributed by atoms with Gasteiger partial charge < -0.3 is 10.6 Å². The minimum atomic E-state index is -0.0479. The van der Waals surface area contributed by atoms with Gasteiger partial charge in [0.05, 0.1) is 6.04 Å². The highest BCUT2D eigenvalue weighted by atomic mass is 16.2. The van der Waals surface area contributed by atoms with Crippen LogP contribution in [0.25, 0.3) is 0 Å². The molecule has 0 bridgehead atoms. The molecule has 1 rings (SSSR count). The van der Waals surface area contributed by atoms with Gasteiger partial charge >= 0.3 is 0 Å². The zero-order valence-electron chi connectivity index (χ0n) is 11.4. The van der Waals surface area contributed by atoms with E-state index in [1.54, 1.807) is 0 Å². The number of rotatable bonds is 8. The maximum Gasteiger partial charge on any atom is 0.236 e. The van der Waals surface area contributed by atoms with Gasteiger partial charge in [0.25, 0.3) is 0 Å². The average Bonchev–Trinajstić information content (AvgIpc) is 2.82. The topological polar surface area (TPSA) is 41.1 Å². The van der Waals surface area contributed by atoms with Crippen molar-refractivity contribution in [3.63, 3.8) is 0 Å². The molecular weight excluding hydrogens is 212 g/mol. The summed E-state index contributed by atoms with van der Waals surface area (Å²) in [4.78, 5) is 11.7. The lowest BCUT2D eigenvalue weighted by Gasteiger charge is -2.15. The number of amides is 1. The van der Waals surface area contributed by atoms with E-state index in [-0.39, 0.29) is 11.9 Å². The van der Waals surface area contributed by atoms with E-state index in [2.05, 4.69) is 17.6 Å². The first-order valence-electron chi connectivity index (χ1n) is 7.25. The first-order chi connectivity index (χ1) is 8.24. The molecule has 0 aromatic carbocycles. The highest BCUT2D eigenvalue weighted by molar-refractivity contribution is 5.81. The molecule has 1 saturated carbocycles. The third kappa shape index (κ3) is 6.06. The zero-order valence-corrected chi connectivity index (χ0v) is 11.4. The summed E-state index contributed by atoms with van der Waals surface area (Å²) in [6.45, 7) is 5.88. The van der Waals surface area contributed by atoms with Gasteiger partial charge in [-0.3, -0.25) is 4.79 Å². The Hall–Kier alpha value is -0.570. The minimum absolute atomic E-state index is 0.0479. The highest BCUT2D eigenvalue weighted by Gasteiger charge is 2.16. The van der Waals surface area contributed by atoms with Gasteiger partial charge in [-0.15, -0.1) is 0 Å². The first-order valence-corrected chi connectivity index (χ1v) is 7.25. The molecule has 1 atom stereocenters. The van der Waals surface area contributed by atoms with E-state index in [0.29, 0.717) is 0 Å². The van der Waals surface area contributed by atoms with Gasteiger partial charge in [-0.05, 0) is 32.2 Å². The standard InChI is InChI=1S/C14H28N2O/c1-3-4-10-16-14(17)12(2)15-11-9-13-7-5-6-8-13/h12-13,15H,3-11H2,1-2H3,(H,16,17). The number of carbonyl (C=O) groups excluding carboxylic acids is 1. The SMILES string of the molecule is CCCCNC(=O)C(C)NCCC1CCCC1. The molecule has 0 aliphatic heterocycles. The molecule has 3 nitrogen and oxygen atoms in total. The summed E-state index contributed by atoms with van der Waals surface area (Å²) in [6, 6.07) is -0.0479. The van der Waals surface area contributed by atoms with Crippen LogP contribution in [0.4, 0.5) is 0 Å². The summed E-state index contributed by atoms with van der Waals surface area (Å²) in [6.07, 6.45) is 9.00. The van der Waals surface area contributed by atoms with Gasteiger partial charge in [0, 0.05) is 6.54 Å². The van der Waals surface area contributed by atoms with Crippen LogP contribution in [0.15, 0.2) is 0 Å². The number of nitrogens with one attached hydrogen (secondary N) is 2. The minimum Gasteiger partial charge on any atom is -0.355 e. The lowest BCUT2D eigenvalue weighted by atomic mass is 10.0. The van der Waals surface area contributed by atoms with Gasteiger partial charge in [0.2, 0.25) is 5.91 Å². The van der Waals surface area contributed by atoms with E-state index in [0.717, 1.165) is 31.8 Å². The van der Waals surface area contributed by atoms with E-state index in [1.165, 1.54) is 32.1 Å². The van der Waals surface area contributed by atoms with Crippen molar-refractivity contribution in [3.05, 3.63) is 0 Å². The second-order valence-electron chi connectivity index (χ2n) is 5.26. The molecule has 0 spiro atoms. The molecule has 1 amide bonds. The van der Waals surface area contributed by atoms with Crippen molar-refractivity contribution in [1.82, 2.24) is 10.6 Å². The smallest absolute Gasteiger partial charge is 0.236 e. The summed E-state index contributed by atoms with van der Waals surface area (Å²) < 4.78 is 0. The van der Waals surface area contributed by atoms with Gasteiger partial charge in [0.15, 0.2) is 0 Å². The number of unbranched alkanes of at least 4 members (excludes halogenated alkanes) is 1. The van der Waals surface area contributed by atoms with Crippen molar-refractivity contribution in [2.75, 3.05) is 13.1 Å². The van der Waals surface area contributed by atoms with Crippen molar-refractivity contribution in [2.45, 2.75) is 64.8 Å². The third-order valence-corrected chi connectivity index (χ3v) is 3.70. The van der Waals surface area contributed by atoms with Crippen LogP contribution in [0.3, 0.4) is 0 Å². The fourth-order valence-corrected chi connectivity index (χ4v) is 2.44. The van der Waals surface area contributed by atoms with Crippen LogP contribution in [-0.4, -0.2) is 25.0 Å². The van der Waals surface area contributed by atoms with Gasteiger partial charge in [-0.2, -0.15) is 0 Å². The fourth-order valence-electron chi connectivity index (χ4n) is 2.44. The molecule has 0 aromatic heterocycles. The Kier molecular flexibility index (Phi) is 7.25. The van der Waals surface area contributed by atoms with E-state index >= 15 is 0 Å². The molecular formula is C14H28N2O. The molecule has 1 fully saturated rings. The van der Waals surface area contributed by atoms with Gasteiger partial charge in [0.1, 0.15) is 0 Å². The van der Waals surface area contributed by atoms with Crippen molar-refractivity contribution in [1.29, 1.82) is 0 Å². The molecule has 0 aromatic rings.